The first-order valence-electron chi connectivity index (χ1n) is 3.67. The Bertz CT molecular complexity index is 496. The van der Waals surface area contributed by atoms with Crippen LogP contribution in [0.4, 0.5) is 11.4 Å². The summed E-state index contributed by atoms with van der Waals surface area (Å²) in [7, 11) is -4.38. The maximum absolute atomic E-state index is 10.6. The van der Waals surface area contributed by atoms with Gasteiger partial charge in [-0.25, -0.2) is 4.79 Å². The minimum Gasteiger partial charge on any atom is -0.478 e. The molecule has 0 aromatic heterocycles. The Kier molecular flexibility index (Phi) is 2.82. The predicted octanol–water partition coefficient (Wildman–Crippen LogP) is 0.182. The van der Waals surface area contributed by atoms with Gasteiger partial charge in [-0.2, -0.15) is 8.42 Å². The topological polar surface area (TPSA) is 130 Å². The van der Waals surface area contributed by atoms with Crippen LogP contribution in [-0.4, -0.2) is 24.0 Å². The van der Waals surface area contributed by atoms with Crippen LogP contribution in [0.15, 0.2) is 18.2 Å². The lowest BCUT2D eigenvalue weighted by Crippen LogP contribution is -2.11. The number of hydrogen-bond donors (Lipinski definition) is 4. The largest absolute Gasteiger partial charge is 0.478 e. The van der Waals surface area contributed by atoms with Crippen LogP contribution in [-0.2, 0) is 10.3 Å². The zero-order valence-electron chi connectivity index (χ0n) is 7.34. The van der Waals surface area contributed by atoms with E-state index in [0.717, 1.165) is 12.1 Å². The lowest BCUT2D eigenvalue weighted by atomic mass is 10.1. The molecule has 0 heterocycles. The summed E-state index contributed by atoms with van der Waals surface area (Å²) >= 11 is 0. The molecule has 0 spiro atoms. The summed E-state index contributed by atoms with van der Waals surface area (Å²) in [5.74, 6) is -1.22. The minimum absolute atomic E-state index is 0.0139. The molecule has 0 aliphatic heterocycles. The van der Waals surface area contributed by atoms with E-state index in [1.54, 1.807) is 4.72 Å². The average molecular weight is 232 g/mol. The summed E-state index contributed by atoms with van der Waals surface area (Å²) in [5, 5.41) is 8.62. The van der Waals surface area contributed by atoms with Gasteiger partial charge in [0.25, 0.3) is 0 Å². The third-order valence-corrected chi connectivity index (χ3v) is 2.02. The van der Waals surface area contributed by atoms with Crippen LogP contribution >= 0.6 is 0 Å². The Morgan fingerprint density at radius 3 is 2.40 bits per heavy atom. The highest BCUT2D eigenvalue weighted by atomic mass is 32.2. The fourth-order valence-corrected chi connectivity index (χ4v) is 1.39. The zero-order valence-corrected chi connectivity index (χ0v) is 8.15. The van der Waals surface area contributed by atoms with Gasteiger partial charge in [0.15, 0.2) is 0 Å². The van der Waals surface area contributed by atoms with Crippen LogP contribution in [0.1, 0.15) is 10.4 Å². The second-order valence-electron chi connectivity index (χ2n) is 2.68. The fraction of sp³-hybridized carbons (Fsp3) is 0. The van der Waals surface area contributed by atoms with E-state index in [0.29, 0.717) is 0 Å². The van der Waals surface area contributed by atoms with Crippen molar-refractivity contribution >= 4 is 27.6 Å². The summed E-state index contributed by atoms with van der Waals surface area (Å²) in [6.45, 7) is 0. The van der Waals surface area contributed by atoms with Gasteiger partial charge < -0.3 is 10.8 Å². The maximum Gasteiger partial charge on any atom is 0.357 e. The molecule has 0 aliphatic rings. The van der Waals surface area contributed by atoms with E-state index in [2.05, 4.69) is 0 Å². The smallest absolute Gasteiger partial charge is 0.357 e. The molecule has 0 aliphatic carbocycles. The van der Waals surface area contributed by atoms with Gasteiger partial charge in [-0.15, -0.1) is 0 Å². The van der Waals surface area contributed by atoms with Crippen molar-refractivity contribution in [2.24, 2.45) is 0 Å². The monoisotopic (exact) mass is 232 g/mol. The van der Waals surface area contributed by atoms with Gasteiger partial charge in [-0.05, 0) is 18.2 Å². The predicted molar refractivity (Wildman–Crippen MR) is 53.0 cm³/mol. The number of hydrogen-bond acceptors (Lipinski definition) is 4. The molecule has 0 bridgehead atoms. The molecule has 82 valence electrons. The molecule has 15 heavy (non-hydrogen) atoms. The molecule has 1 aromatic rings. The fourth-order valence-electron chi connectivity index (χ4n) is 0.970. The van der Waals surface area contributed by atoms with Gasteiger partial charge in [0, 0.05) is 5.69 Å². The van der Waals surface area contributed by atoms with Crippen LogP contribution in [0.25, 0.3) is 0 Å². The highest BCUT2D eigenvalue weighted by Crippen LogP contribution is 2.18. The molecule has 0 radical (unpaired) electrons. The van der Waals surface area contributed by atoms with Gasteiger partial charge >= 0.3 is 16.3 Å². The van der Waals surface area contributed by atoms with Crippen LogP contribution in [0.3, 0.4) is 0 Å². The molecule has 0 fully saturated rings. The lowest BCUT2D eigenvalue weighted by Gasteiger charge is -2.05. The number of carboxylic acid groups (broad SMARTS) is 1. The quantitative estimate of drug-likeness (QED) is 0.434. The standard InChI is InChI=1S/C7H8N2O5S/c8-6-3-4(9-15(12,13)14)1-2-5(6)7(10)11/h1-3,9H,8H2,(H,10,11)(H,12,13,14). The lowest BCUT2D eigenvalue weighted by molar-refractivity contribution is 0.0698. The number of benzene rings is 1. The first-order valence-corrected chi connectivity index (χ1v) is 5.11. The number of carbonyl (C=O) groups is 1. The molecular formula is C7H8N2O5S. The Labute approximate surface area is 85.4 Å². The Balaban J connectivity index is 3.07. The van der Waals surface area contributed by atoms with Crippen molar-refractivity contribution in [1.82, 2.24) is 0 Å². The van der Waals surface area contributed by atoms with Gasteiger partial charge in [0.05, 0.1) is 11.3 Å². The van der Waals surface area contributed by atoms with Crippen LogP contribution in [0, 0.1) is 0 Å². The third kappa shape index (κ3) is 3.11. The summed E-state index contributed by atoms with van der Waals surface area (Å²) < 4.78 is 31.0. The molecule has 0 saturated carbocycles. The average Bonchev–Trinajstić information content (AvgIpc) is 1.99. The van der Waals surface area contributed by atoms with Crippen molar-refractivity contribution in [3.63, 3.8) is 0 Å². The highest BCUT2D eigenvalue weighted by Gasteiger charge is 2.10. The summed E-state index contributed by atoms with van der Waals surface area (Å²) in [5.41, 5.74) is 5.09. The molecule has 0 unspecified atom stereocenters. The van der Waals surface area contributed by atoms with Crippen LogP contribution in [0.5, 0.6) is 0 Å². The first-order chi connectivity index (χ1) is 6.79. The van der Waals surface area contributed by atoms with E-state index < -0.39 is 16.3 Å². The van der Waals surface area contributed by atoms with Crippen molar-refractivity contribution in [2.45, 2.75) is 0 Å². The Morgan fingerprint density at radius 1 is 1.40 bits per heavy atom. The molecule has 5 N–H and O–H groups in total. The number of nitrogens with two attached hydrogens (primary N) is 1. The number of rotatable bonds is 3. The zero-order chi connectivity index (χ0) is 11.6. The van der Waals surface area contributed by atoms with Crippen molar-refractivity contribution < 1.29 is 22.9 Å². The normalized spacial score (nSPS) is 11.0. The van der Waals surface area contributed by atoms with Crippen molar-refractivity contribution in [3.8, 4) is 0 Å². The summed E-state index contributed by atoms with van der Waals surface area (Å²) in [4.78, 5) is 10.6. The molecule has 7 nitrogen and oxygen atoms in total. The van der Waals surface area contributed by atoms with Gasteiger partial charge in [-0.3, -0.25) is 9.27 Å². The van der Waals surface area contributed by atoms with Gasteiger partial charge in [0.1, 0.15) is 0 Å². The molecule has 0 atom stereocenters. The second kappa shape index (κ2) is 3.75. The molecular weight excluding hydrogens is 224 g/mol. The van der Waals surface area contributed by atoms with E-state index >= 15 is 0 Å². The Hall–Kier alpha value is -1.80. The summed E-state index contributed by atoms with van der Waals surface area (Å²) in [6, 6.07) is 3.40. The minimum atomic E-state index is -4.38. The van der Waals surface area contributed by atoms with Crippen LogP contribution in [0.2, 0.25) is 0 Å². The molecule has 0 saturated heterocycles. The number of anilines is 2. The molecule has 0 amide bonds. The first kappa shape index (κ1) is 11.3. The van der Waals surface area contributed by atoms with Crippen molar-refractivity contribution in [1.29, 1.82) is 0 Å². The van der Waals surface area contributed by atoms with E-state index in [-0.39, 0.29) is 16.9 Å². The number of nitrogens with one attached hydrogen (secondary N) is 1. The molecule has 1 rings (SSSR count). The SMILES string of the molecule is Nc1cc(NS(=O)(=O)O)ccc1C(=O)O. The third-order valence-electron chi connectivity index (χ3n) is 1.53. The number of nitrogen functional groups attached to an aromatic ring is 1. The maximum atomic E-state index is 10.6. The molecule has 8 heteroatoms. The van der Waals surface area contributed by atoms with Crippen LogP contribution < -0.4 is 10.5 Å². The van der Waals surface area contributed by atoms with E-state index in [1.165, 1.54) is 6.07 Å². The summed E-state index contributed by atoms with van der Waals surface area (Å²) in [6.07, 6.45) is 0. The van der Waals surface area contributed by atoms with Crippen molar-refractivity contribution in [3.05, 3.63) is 23.8 Å². The van der Waals surface area contributed by atoms with E-state index in [4.69, 9.17) is 15.4 Å². The van der Waals surface area contributed by atoms with E-state index in [1.807, 2.05) is 0 Å². The van der Waals surface area contributed by atoms with Gasteiger partial charge in [-0.1, -0.05) is 0 Å². The van der Waals surface area contributed by atoms with Crippen molar-refractivity contribution in [2.75, 3.05) is 10.5 Å². The van der Waals surface area contributed by atoms with E-state index in [9.17, 15) is 13.2 Å². The second-order valence-corrected chi connectivity index (χ2v) is 3.84. The Morgan fingerprint density at radius 2 is 2.00 bits per heavy atom. The number of carboxylic acids is 1. The highest BCUT2D eigenvalue weighted by molar-refractivity contribution is 7.87. The number of aromatic carboxylic acids is 1. The van der Waals surface area contributed by atoms with Gasteiger partial charge in [0.2, 0.25) is 0 Å². The molecule has 1 aromatic carbocycles.